The fourth-order valence-electron chi connectivity index (χ4n) is 2.15. The van der Waals surface area contributed by atoms with Crippen LogP contribution < -0.4 is 9.62 Å². The fourth-order valence-corrected chi connectivity index (χ4v) is 2.93. The Balaban J connectivity index is 2.59. The molecule has 1 amide bonds. The Morgan fingerprint density at radius 2 is 2.14 bits per heavy atom. The molecule has 0 saturated carbocycles. The van der Waals surface area contributed by atoms with Gasteiger partial charge in [0.2, 0.25) is 10.0 Å². The molecule has 0 aliphatic carbocycles. The second-order valence-electron chi connectivity index (χ2n) is 4.43. The number of nitrogens with zero attached hydrogens (tertiary/aromatic N) is 1. The van der Waals surface area contributed by atoms with Crippen molar-refractivity contribution in [3.05, 3.63) is 23.3 Å². The highest BCUT2D eigenvalue weighted by molar-refractivity contribution is 7.92. The predicted molar refractivity (Wildman–Crippen MR) is 78.3 cm³/mol. The van der Waals surface area contributed by atoms with E-state index in [0.29, 0.717) is 17.8 Å². The summed E-state index contributed by atoms with van der Waals surface area (Å²) in [6.07, 6.45) is 0.980. The summed E-state index contributed by atoms with van der Waals surface area (Å²) < 4.78 is 29.9. The van der Waals surface area contributed by atoms with E-state index in [1.165, 1.54) is 17.0 Å². The number of sulfonamides is 1. The second kappa shape index (κ2) is 5.53. The van der Waals surface area contributed by atoms with Gasteiger partial charge in [-0.25, -0.2) is 13.2 Å². The van der Waals surface area contributed by atoms with Crippen LogP contribution >= 0.6 is 11.6 Å². The highest BCUT2D eigenvalue weighted by Gasteiger charge is 2.31. The summed E-state index contributed by atoms with van der Waals surface area (Å²) >= 11 is 5.51. The van der Waals surface area contributed by atoms with Gasteiger partial charge in [-0.2, -0.15) is 0 Å². The van der Waals surface area contributed by atoms with Gasteiger partial charge >= 0.3 is 11.3 Å². The van der Waals surface area contributed by atoms with E-state index in [4.69, 9.17) is 16.3 Å². The zero-order chi connectivity index (χ0) is 15.8. The Labute approximate surface area is 126 Å². The van der Waals surface area contributed by atoms with Gasteiger partial charge in [-0.15, -0.1) is 0 Å². The van der Waals surface area contributed by atoms with Gasteiger partial charge in [0, 0.05) is 12.1 Å². The minimum Gasteiger partial charge on any atom is -0.457 e. The lowest BCUT2D eigenvalue weighted by Crippen LogP contribution is -2.26. The first-order chi connectivity index (χ1) is 9.74. The highest BCUT2D eigenvalue weighted by atomic mass is 35.5. The largest absolute Gasteiger partial charge is 0.457 e. The highest BCUT2D eigenvalue weighted by Crippen LogP contribution is 2.36. The number of fused-ring (bicyclic) bond motifs is 1. The Morgan fingerprint density at radius 1 is 1.48 bits per heavy atom. The molecule has 1 aliphatic rings. The first kappa shape index (κ1) is 15.6. The first-order valence-electron chi connectivity index (χ1n) is 6.02. The summed E-state index contributed by atoms with van der Waals surface area (Å²) in [7, 11) is -3.54. The molecule has 1 heterocycles. The van der Waals surface area contributed by atoms with Crippen molar-refractivity contribution in [3.63, 3.8) is 0 Å². The number of carbonyl (C=O) groups excluding carboxylic acids is 2. The third kappa shape index (κ3) is 3.11. The van der Waals surface area contributed by atoms with E-state index in [9.17, 15) is 18.0 Å². The van der Waals surface area contributed by atoms with E-state index in [-0.39, 0.29) is 17.9 Å². The molecule has 1 aromatic carbocycles. The van der Waals surface area contributed by atoms with Gasteiger partial charge in [-0.1, -0.05) is 0 Å². The summed E-state index contributed by atoms with van der Waals surface area (Å²) in [6, 6.07) is 2.93. The number of hydrogen-bond acceptors (Lipinski definition) is 5. The maximum atomic E-state index is 11.8. The zero-order valence-corrected chi connectivity index (χ0v) is 12.9. The third-order valence-electron chi connectivity index (χ3n) is 2.95. The number of carbonyl (C=O) groups is 2. The molecule has 0 saturated heterocycles. The number of rotatable bonds is 4. The zero-order valence-electron chi connectivity index (χ0n) is 11.3. The minimum atomic E-state index is -3.54. The molecule has 9 heteroatoms. The molecule has 114 valence electrons. The minimum absolute atomic E-state index is 0.0382. The van der Waals surface area contributed by atoms with Crippen LogP contribution in [0.25, 0.3) is 0 Å². The van der Waals surface area contributed by atoms with Crippen molar-refractivity contribution in [1.29, 1.82) is 0 Å². The van der Waals surface area contributed by atoms with Gasteiger partial charge in [0.15, 0.2) is 0 Å². The van der Waals surface area contributed by atoms with Crippen LogP contribution in [0.5, 0.6) is 0 Å². The Hall–Kier alpha value is -1.80. The van der Waals surface area contributed by atoms with Crippen molar-refractivity contribution in [2.45, 2.75) is 13.5 Å². The SMILES string of the molecule is CCN(C(=O)Cl)c1ccc(NS(C)(=O)=O)c2c1COC2=O. The number of nitrogens with one attached hydrogen (secondary N) is 1. The molecule has 0 bridgehead atoms. The molecule has 1 N–H and O–H groups in total. The molecule has 0 fully saturated rings. The van der Waals surface area contributed by atoms with Gasteiger partial charge in [0.05, 0.1) is 23.2 Å². The standard InChI is InChI=1S/C12H13ClN2O5S/c1-3-15(12(13)17)9-5-4-8(14-21(2,18)19)10-7(9)6-20-11(10)16/h4-5,14H,3,6H2,1-2H3. The molecule has 0 spiro atoms. The van der Waals surface area contributed by atoms with Crippen LogP contribution in [0, 0.1) is 0 Å². The predicted octanol–water partition coefficient (Wildman–Crippen LogP) is 1.91. The summed E-state index contributed by atoms with van der Waals surface area (Å²) in [6.45, 7) is 2.00. The topological polar surface area (TPSA) is 92.8 Å². The van der Waals surface area contributed by atoms with Crippen LogP contribution in [-0.2, 0) is 21.4 Å². The summed E-state index contributed by atoms with van der Waals surface area (Å²) in [5.74, 6) is -0.643. The Bertz CT molecular complexity index is 717. The number of ether oxygens (including phenoxy) is 1. The number of benzene rings is 1. The van der Waals surface area contributed by atoms with Crippen LogP contribution in [0.3, 0.4) is 0 Å². The number of hydrogen-bond donors (Lipinski definition) is 1. The van der Waals surface area contributed by atoms with Gasteiger partial charge in [-0.05, 0) is 30.7 Å². The first-order valence-corrected chi connectivity index (χ1v) is 8.29. The smallest absolute Gasteiger partial charge is 0.341 e. The van der Waals surface area contributed by atoms with E-state index in [2.05, 4.69) is 4.72 Å². The number of anilines is 2. The van der Waals surface area contributed by atoms with E-state index >= 15 is 0 Å². The molecule has 1 aromatic rings. The van der Waals surface area contributed by atoms with E-state index < -0.39 is 21.4 Å². The Kier molecular flexibility index (Phi) is 4.11. The van der Waals surface area contributed by atoms with Crippen molar-refractivity contribution < 1.29 is 22.7 Å². The quantitative estimate of drug-likeness (QED) is 0.516. The summed E-state index contributed by atoms with van der Waals surface area (Å²) in [5.41, 5.74) is 1.09. The van der Waals surface area contributed by atoms with Gasteiger partial charge in [0.25, 0.3) is 0 Å². The number of esters is 1. The van der Waals surface area contributed by atoms with Crippen LogP contribution in [0.15, 0.2) is 12.1 Å². The number of cyclic esters (lactones) is 1. The second-order valence-corrected chi connectivity index (χ2v) is 6.51. The van der Waals surface area contributed by atoms with Crippen molar-refractivity contribution in [2.24, 2.45) is 0 Å². The van der Waals surface area contributed by atoms with Crippen LogP contribution in [0.1, 0.15) is 22.8 Å². The maximum absolute atomic E-state index is 11.8. The molecule has 7 nitrogen and oxygen atoms in total. The molecule has 0 unspecified atom stereocenters. The average Bonchev–Trinajstić information content (AvgIpc) is 2.73. The molecule has 2 rings (SSSR count). The van der Waals surface area contributed by atoms with E-state index in [1.807, 2.05) is 0 Å². The fraction of sp³-hybridized carbons (Fsp3) is 0.333. The maximum Gasteiger partial charge on any atom is 0.341 e. The van der Waals surface area contributed by atoms with Crippen molar-refractivity contribution in [2.75, 3.05) is 22.4 Å². The average molecular weight is 333 g/mol. The Morgan fingerprint density at radius 3 is 2.67 bits per heavy atom. The molecule has 0 aromatic heterocycles. The third-order valence-corrected chi connectivity index (χ3v) is 3.75. The van der Waals surface area contributed by atoms with E-state index in [0.717, 1.165) is 6.26 Å². The van der Waals surface area contributed by atoms with Gasteiger partial charge in [0.1, 0.15) is 6.61 Å². The van der Waals surface area contributed by atoms with Crippen LogP contribution in [0.4, 0.5) is 16.2 Å². The number of amides is 1. The summed E-state index contributed by atoms with van der Waals surface area (Å²) in [5, 5.41) is -0.692. The molecule has 0 radical (unpaired) electrons. The lowest BCUT2D eigenvalue weighted by Gasteiger charge is -2.21. The molecule has 1 aliphatic heterocycles. The normalized spacial score (nSPS) is 13.6. The molecular formula is C12H13ClN2O5S. The van der Waals surface area contributed by atoms with Gasteiger partial charge < -0.3 is 4.74 Å². The van der Waals surface area contributed by atoms with Crippen molar-refractivity contribution in [1.82, 2.24) is 0 Å². The number of halogens is 1. The van der Waals surface area contributed by atoms with Crippen LogP contribution in [-0.4, -0.2) is 32.6 Å². The molecule has 0 atom stereocenters. The monoisotopic (exact) mass is 332 g/mol. The lowest BCUT2D eigenvalue weighted by molar-refractivity contribution is 0.0536. The van der Waals surface area contributed by atoms with Crippen LogP contribution in [0.2, 0.25) is 0 Å². The van der Waals surface area contributed by atoms with Crippen molar-refractivity contribution in [3.8, 4) is 0 Å². The van der Waals surface area contributed by atoms with E-state index in [1.54, 1.807) is 6.92 Å². The lowest BCUT2D eigenvalue weighted by atomic mass is 10.0. The molecule has 21 heavy (non-hydrogen) atoms. The van der Waals surface area contributed by atoms with Crippen molar-refractivity contribution >= 4 is 44.3 Å². The molecular weight excluding hydrogens is 320 g/mol. The van der Waals surface area contributed by atoms with Gasteiger partial charge in [-0.3, -0.25) is 14.4 Å². The summed E-state index contributed by atoms with van der Waals surface area (Å²) in [4.78, 5) is 24.5.